The van der Waals surface area contributed by atoms with Crippen molar-refractivity contribution in [2.45, 2.75) is 45.5 Å². The van der Waals surface area contributed by atoms with Crippen molar-refractivity contribution < 1.29 is 18.0 Å². The number of aromatic amines is 1. The predicted octanol–water partition coefficient (Wildman–Crippen LogP) is 4.04. The summed E-state index contributed by atoms with van der Waals surface area (Å²) in [7, 11) is 0. The topological polar surface area (TPSA) is 123 Å². The SMILES string of the molecule is CC(=O)c1c(N[C@@H](C)CCCn2ccc3cc(-c4ncc(C(F)(F)F)cn4)ccc3c2=O)cn[nH]c1=O. The number of carbonyl (C=O) groups excluding carboxylic acids is 1. The van der Waals surface area contributed by atoms with Gasteiger partial charge in [0.1, 0.15) is 5.56 Å². The second-order valence-corrected chi connectivity index (χ2v) is 8.64. The number of nitrogens with zero attached hydrogens (tertiary/aromatic N) is 4. The summed E-state index contributed by atoms with van der Waals surface area (Å²) in [5.41, 5.74) is -0.806. The quantitative estimate of drug-likeness (QED) is 0.342. The molecule has 1 aromatic carbocycles. The van der Waals surface area contributed by atoms with Crippen molar-refractivity contribution in [3.8, 4) is 11.4 Å². The molecule has 0 amide bonds. The molecule has 3 aromatic heterocycles. The Morgan fingerprint density at radius 3 is 2.54 bits per heavy atom. The zero-order valence-corrected chi connectivity index (χ0v) is 20.0. The fourth-order valence-corrected chi connectivity index (χ4v) is 3.99. The number of aryl methyl sites for hydroxylation is 1. The molecule has 0 aliphatic heterocycles. The number of rotatable bonds is 8. The largest absolute Gasteiger partial charge is 0.419 e. The van der Waals surface area contributed by atoms with Crippen LogP contribution in [0.1, 0.15) is 42.6 Å². The van der Waals surface area contributed by atoms with Crippen molar-refractivity contribution in [3.63, 3.8) is 0 Å². The Labute approximate surface area is 208 Å². The first-order valence-corrected chi connectivity index (χ1v) is 11.4. The summed E-state index contributed by atoms with van der Waals surface area (Å²) < 4.78 is 39.8. The van der Waals surface area contributed by atoms with E-state index in [0.29, 0.717) is 41.4 Å². The molecule has 4 rings (SSSR count). The van der Waals surface area contributed by atoms with Gasteiger partial charge < -0.3 is 9.88 Å². The van der Waals surface area contributed by atoms with Crippen LogP contribution in [-0.2, 0) is 12.7 Å². The van der Waals surface area contributed by atoms with E-state index in [1.54, 1.807) is 35.0 Å². The number of ketones is 1. The van der Waals surface area contributed by atoms with E-state index in [4.69, 9.17) is 0 Å². The van der Waals surface area contributed by atoms with Crippen LogP contribution in [-0.4, -0.2) is 36.6 Å². The first-order chi connectivity index (χ1) is 17.5. The second-order valence-electron chi connectivity index (χ2n) is 8.64. The van der Waals surface area contributed by atoms with Crippen LogP contribution in [0.25, 0.3) is 22.2 Å². The van der Waals surface area contributed by atoms with Crippen LogP contribution in [0.15, 0.2) is 58.6 Å². The number of aromatic nitrogens is 5. The molecule has 12 heteroatoms. The Balaban J connectivity index is 1.43. The van der Waals surface area contributed by atoms with E-state index in [-0.39, 0.29) is 28.8 Å². The first kappa shape index (κ1) is 25.7. The third-order valence-electron chi connectivity index (χ3n) is 5.86. The number of hydrogen-bond acceptors (Lipinski definition) is 7. The van der Waals surface area contributed by atoms with Crippen LogP contribution in [0.4, 0.5) is 18.9 Å². The van der Waals surface area contributed by atoms with Crippen molar-refractivity contribution in [3.05, 3.63) is 80.9 Å². The van der Waals surface area contributed by atoms with E-state index in [1.807, 2.05) is 6.92 Å². The van der Waals surface area contributed by atoms with Gasteiger partial charge in [-0.15, -0.1) is 0 Å². The van der Waals surface area contributed by atoms with E-state index >= 15 is 0 Å². The molecule has 0 aliphatic rings. The van der Waals surface area contributed by atoms with Crippen LogP contribution in [0.5, 0.6) is 0 Å². The number of benzene rings is 1. The Bertz CT molecular complexity index is 1560. The predicted molar refractivity (Wildman–Crippen MR) is 131 cm³/mol. The molecule has 3 heterocycles. The van der Waals surface area contributed by atoms with Gasteiger partial charge in [-0.3, -0.25) is 14.4 Å². The average molecular weight is 512 g/mol. The van der Waals surface area contributed by atoms with Gasteiger partial charge in [-0.1, -0.05) is 6.07 Å². The van der Waals surface area contributed by atoms with Gasteiger partial charge in [-0.25, -0.2) is 15.1 Å². The summed E-state index contributed by atoms with van der Waals surface area (Å²) >= 11 is 0. The zero-order valence-electron chi connectivity index (χ0n) is 20.0. The molecule has 1 atom stereocenters. The molecular weight excluding hydrogens is 489 g/mol. The number of halogens is 3. The number of pyridine rings is 1. The van der Waals surface area contributed by atoms with Crippen molar-refractivity contribution in [2.24, 2.45) is 0 Å². The molecule has 0 saturated heterocycles. The van der Waals surface area contributed by atoms with Gasteiger partial charge in [-0.2, -0.15) is 18.3 Å². The van der Waals surface area contributed by atoms with E-state index in [2.05, 4.69) is 25.5 Å². The van der Waals surface area contributed by atoms with Crippen LogP contribution in [0, 0.1) is 0 Å². The van der Waals surface area contributed by atoms with Gasteiger partial charge in [0, 0.05) is 42.1 Å². The maximum absolute atomic E-state index is 13.0. The van der Waals surface area contributed by atoms with Crippen LogP contribution >= 0.6 is 0 Å². The molecule has 4 aromatic rings. The smallest absolute Gasteiger partial charge is 0.381 e. The Morgan fingerprint density at radius 2 is 1.86 bits per heavy atom. The summed E-state index contributed by atoms with van der Waals surface area (Å²) in [4.78, 5) is 44.3. The minimum absolute atomic E-state index is 0.0219. The molecule has 0 saturated carbocycles. The lowest BCUT2D eigenvalue weighted by molar-refractivity contribution is -0.138. The molecule has 192 valence electrons. The molecule has 0 aliphatic carbocycles. The number of H-pyrrole nitrogens is 1. The lowest BCUT2D eigenvalue weighted by Crippen LogP contribution is -2.25. The molecule has 0 spiro atoms. The van der Waals surface area contributed by atoms with Crippen LogP contribution in [0.3, 0.4) is 0 Å². The number of anilines is 1. The Morgan fingerprint density at radius 1 is 1.14 bits per heavy atom. The van der Waals surface area contributed by atoms with E-state index in [0.717, 1.165) is 12.4 Å². The Kier molecular flexibility index (Phi) is 7.18. The van der Waals surface area contributed by atoms with Crippen LogP contribution in [0.2, 0.25) is 0 Å². The number of carbonyl (C=O) groups is 1. The maximum Gasteiger partial charge on any atom is 0.419 e. The van der Waals surface area contributed by atoms with Gasteiger partial charge in [-0.05, 0) is 50.3 Å². The fourth-order valence-electron chi connectivity index (χ4n) is 3.99. The summed E-state index contributed by atoms with van der Waals surface area (Å²) in [6, 6.07) is 6.54. The molecule has 0 unspecified atom stereocenters. The maximum atomic E-state index is 13.0. The highest BCUT2D eigenvalue weighted by Gasteiger charge is 2.31. The standard InChI is InChI=1S/C25H23F3N6O3/c1-14(32-20-13-31-33-23(36)21(20)15(2)35)4-3-8-34-9-7-16-10-17(5-6-19(16)24(34)37)22-29-11-18(12-30-22)25(26,27)28/h5-7,9-14H,3-4,8H2,1-2H3,(H2,32,33,36)/t14-/m0/s1. The molecular formula is C25H23F3N6O3. The highest BCUT2D eigenvalue weighted by Crippen LogP contribution is 2.29. The zero-order chi connectivity index (χ0) is 26.7. The highest BCUT2D eigenvalue weighted by molar-refractivity contribution is 5.98. The van der Waals surface area contributed by atoms with Crippen molar-refractivity contribution in [2.75, 3.05) is 5.32 Å². The number of fused-ring (bicyclic) bond motifs is 1. The number of hydrogen-bond donors (Lipinski definition) is 2. The van der Waals surface area contributed by atoms with Gasteiger partial charge in [0.05, 0.1) is 17.4 Å². The van der Waals surface area contributed by atoms with Crippen molar-refractivity contribution in [1.29, 1.82) is 0 Å². The van der Waals surface area contributed by atoms with Gasteiger partial charge in [0.2, 0.25) is 0 Å². The molecule has 0 fully saturated rings. The van der Waals surface area contributed by atoms with E-state index in [1.165, 1.54) is 13.1 Å². The summed E-state index contributed by atoms with van der Waals surface area (Å²) in [6.07, 6.45) is 1.29. The molecule has 0 bridgehead atoms. The number of alkyl halides is 3. The van der Waals surface area contributed by atoms with Crippen molar-refractivity contribution in [1.82, 2.24) is 24.7 Å². The van der Waals surface area contributed by atoms with Gasteiger partial charge >= 0.3 is 6.18 Å². The summed E-state index contributed by atoms with van der Waals surface area (Å²) in [6.45, 7) is 3.66. The highest BCUT2D eigenvalue weighted by atomic mass is 19.4. The minimum Gasteiger partial charge on any atom is -0.381 e. The summed E-state index contributed by atoms with van der Waals surface area (Å²) in [5, 5.41) is 10.2. The third kappa shape index (κ3) is 5.74. The second kappa shape index (κ2) is 10.3. The lowest BCUT2D eigenvalue weighted by Gasteiger charge is -2.17. The monoisotopic (exact) mass is 512 g/mol. The van der Waals surface area contributed by atoms with Gasteiger partial charge in [0.15, 0.2) is 11.6 Å². The Hall–Kier alpha value is -4.35. The van der Waals surface area contributed by atoms with Crippen molar-refractivity contribution >= 4 is 22.2 Å². The normalized spacial score (nSPS) is 12.5. The first-order valence-electron chi connectivity index (χ1n) is 11.4. The lowest BCUT2D eigenvalue weighted by atomic mass is 10.1. The molecule has 0 radical (unpaired) electrons. The molecule has 37 heavy (non-hydrogen) atoms. The minimum atomic E-state index is -4.52. The fraction of sp³-hybridized carbons (Fsp3) is 0.280. The number of nitrogens with one attached hydrogen (secondary N) is 2. The van der Waals surface area contributed by atoms with E-state index in [9.17, 15) is 27.6 Å². The summed E-state index contributed by atoms with van der Waals surface area (Å²) in [5.74, 6) is -0.238. The van der Waals surface area contributed by atoms with Crippen LogP contribution < -0.4 is 16.4 Å². The van der Waals surface area contributed by atoms with E-state index < -0.39 is 17.3 Å². The molecule has 2 N–H and O–H groups in total. The molecule has 9 nitrogen and oxygen atoms in total. The third-order valence-corrected chi connectivity index (χ3v) is 5.86. The number of Topliss-reactive ketones (excluding diaryl/α,β-unsaturated/α-hetero) is 1. The average Bonchev–Trinajstić information content (AvgIpc) is 2.84. The van der Waals surface area contributed by atoms with Gasteiger partial charge in [0.25, 0.3) is 11.1 Å².